The first-order valence-electron chi connectivity index (χ1n) is 6.79. The highest BCUT2D eigenvalue weighted by Gasteiger charge is 2.15. The topological polar surface area (TPSA) is 26.5 Å². The molecule has 0 amide bonds. The molecule has 100 valence electrons. The third-order valence-corrected chi connectivity index (χ3v) is 4.78. The van der Waals surface area contributed by atoms with Crippen LogP contribution in [-0.4, -0.2) is 14.1 Å². The molecular weight excluding hydrogens is 260 g/mol. The Morgan fingerprint density at radius 2 is 1.35 bits per heavy atom. The molecule has 0 aliphatic carbocycles. The van der Waals surface area contributed by atoms with E-state index in [0.717, 1.165) is 22.5 Å². The molecule has 1 heterocycles. The molecule has 2 nitrogen and oxygen atoms in total. The predicted molar refractivity (Wildman–Crippen MR) is 88.2 cm³/mol. The molecule has 3 rings (SSSR count). The van der Waals surface area contributed by atoms with Gasteiger partial charge in [0.05, 0.1) is 14.1 Å². The second-order valence-corrected chi connectivity index (χ2v) is 8.80. The lowest BCUT2D eigenvalue weighted by atomic mass is 10.1. The second kappa shape index (κ2) is 5.10. The van der Waals surface area contributed by atoms with E-state index in [0.29, 0.717) is 0 Å². The summed E-state index contributed by atoms with van der Waals surface area (Å²) in [6.45, 7) is 4.34. The number of nitrogens with zero attached hydrogens (tertiary/aromatic N) is 2. The van der Waals surface area contributed by atoms with Crippen molar-refractivity contribution in [3.8, 4) is 0 Å². The zero-order chi connectivity index (χ0) is 14.0. The van der Waals surface area contributed by atoms with E-state index in [4.69, 9.17) is 9.64 Å². The number of allylic oxidation sites excluding steroid dienone is 1. The summed E-state index contributed by atoms with van der Waals surface area (Å²) in [4.78, 5) is 4.87. The zero-order valence-corrected chi connectivity index (χ0v) is 12.7. The number of hydrogen-bond donors (Lipinski definition) is 0. The monoisotopic (exact) mass is 277 g/mol. The minimum atomic E-state index is -1.94. The maximum absolute atomic E-state index is 4.87. The predicted octanol–water partition coefficient (Wildman–Crippen LogP) is 4.61. The molecule has 0 aromatic heterocycles. The summed E-state index contributed by atoms with van der Waals surface area (Å²) in [5.74, 6) is 0. The van der Waals surface area contributed by atoms with Crippen LogP contribution in [0.2, 0.25) is 13.1 Å². The van der Waals surface area contributed by atoms with Gasteiger partial charge in [-0.3, -0.25) is 0 Å². The molecule has 0 spiro atoms. The smallest absolute Gasteiger partial charge is 0.0883 e. The van der Waals surface area contributed by atoms with Crippen LogP contribution in [0.5, 0.6) is 0 Å². The Hall–Kier alpha value is -2.13. The molecule has 0 N–H and O–H groups in total. The molecule has 0 saturated heterocycles. The van der Waals surface area contributed by atoms with Crippen LogP contribution in [0.15, 0.2) is 71.4 Å². The van der Waals surface area contributed by atoms with Crippen molar-refractivity contribution in [2.24, 2.45) is 4.66 Å². The summed E-state index contributed by atoms with van der Waals surface area (Å²) in [6, 6.07) is 20.7. The minimum absolute atomic E-state index is 1.05. The van der Waals surface area contributed by atoms with Gasteiger partial charge in [-0.05, 0) is 11.1 Å². The third-order valence-electron chi connectivity index (χ3n) is 3.20. The van der Waals surface area contributed by atoms with Gasteiger partial charge in [0.15, 0.2) is 0 Å². The fourth-order valence-corrected chi connectivity index (χ4v) is 3.94. The van der Waals surface area contributed by atoms with Gasteiger partial charge in [-0.25, -0.2) is 0 Å². The normalized spacial score (nSPS) is 16.9. The quantitative estimate of drug-likeness (QED) is 0.717. The molecule has 0 unspecified atom stereocenters. The van der Waals surface area contributed by atoms with E-state index in [1.165, 1.54) is 0 Å². The van der Waals surface area contributed by atoms with Crippen LogP contribution >= 0.6 is 0 Å². The van der Waals surface area contributed by atoms with E-state index in [9.17, 15) is 0 Å². The number of benzene rings is 2. The molecule has 1 aliphatic rings. The minimum Gasteiger partial charge on any atom is -0.669 e. The summed E-state index contributed by atoms with van der Waals surface area (Å²) in [5, 5.41) is 0. The van der Waals surface area contributed by atoms with Crippen molar-refractivity contribution >= 4 is 19.8 Å². The molecule has 2 aromatic carbocycles. The van der Waals surface area contributed by atoms with E-state index >= 15 is 0 Å². The first-order chi connectivity index (χ1) is 9.64. The molecule has 0 bridgehead atoms. The average molecular weight is 277 g/mol. The molecule has 20 heavy (non-hydrogen) atoms. The van der Waals surface area contributed by atoms with Crippen molar-refractivity contribution in [2.45, 2.75) is 13.1 Å². The largest absolute Gasteiger partial charge is 0.669 e. The maximum Gasteiger partial charge on any atom is 0.0883 e. The van der Waals surface area contributed by atoms with Crippen molar-refractivity contribution in [1.82, 2.24) is 0 Å². The first-order valence-corrected chi connectivity index (χ1v) is 9.69. The van der Waals surface area contributed by atoms with Gasteiger partial charge >= 0.3 is 0 Å². The van der Waals surface area contributed by atoms with Crippen molar-refractivity contribution < 1.29 is 0 Å². The summed E-state index contributed by atoms with van der Waals surface area (Å²) in [5.41, 5.74) is 4.43. The van der Waals surface area contributed by atoms with Crippen molar-refractivity contribution in [3.63, 3.8) is 0 Å². The van der Waals surface area contributed by atoms with Crippen molar-refractivity contribution in [3.05, 3.63) is 82.8 Å². The Kier molecular flexibility index (Phi) is 3.28. The molecule has 2 aromatic rings. The Morgan fingerprint density at radius 3 is 1.95 bits per heavy atom. The van der Waals surface area contributed by atoms with Gasteiger partial charge in [0.1, 0.15) is 0 Å². The standard InChI is InChI=1S/C17H17N2Si/c1-20(2)18-16(14-9-5-3-6-10-14)13-17(19-20)15-11-7-4-8-12-15/h3-13H,1-2H3/q-1. The van der Waals surface area contributed by atoms with E-state index in [-0.39, 0.29) is 0 Å². The number of rotatable bonds is 2. The molecule has 0 fully saturated rings. The van der Waals surface area contributed by atoms with Crippen molar-refractivity contribution in [1.29, 1.82) is 0 Å². The van der Waals surface area contributed by atoms with Gasteiger partial charge in [0, 0.05) is 0 Å². The van der Waals surface area contributed by atoms with Gasteiger partial charge in [-0.15, -0.1) is 5.70 Å². The number of hydrogen-bond acceptors (Lipinski definition) is 1. The highest BCUT2D eigenvalue weighted by Crippen LogP contribution is 2.32. The molecule has 1 aliphatic heterocycles. The van der Waals surface area contributed by atoms with Gasteiger partial charge in [-0.1, -0.05) is 79.8 Å². The highest BCUT2D eigenvalue weighted by molar-refractivity contribution is 6.84. The van der Waals surface area contributed by atoms with E-state index in [2.05, 4.69) is 43.4 Å². The summed E-state index contributed by atoms with van der Waals surface area (Å²) >= 11 is 0. The van der Waals surface area contributed by atoms with Crippen LogP contribution in [0.3, 0.4) is 0 Å². The van der Waals surface area contributed by atoms with E-state index < -0.39 is 8.40 Å². The lowest BCUT2D eigenvalue weighted by Crippen LogP contribution is -2.27. The Balaban J connectivity index is 2.05. The summed E-state index contributed by atoms with van der Waals surface area (Å²) in [7, 11) is -1.94. The van der Waals surface area contributed by atoms with Crippen LogP contribution in [0, 0.1) is 0 Å². The summed E-state index contributed by atoms with van der Waals surface area (Å²) < 4.78 is 4.87. The third kappa shape index (κ3) is 2.73. The second-order valence-electron chi connectivity index (χ2n) is 5.36. The Bertz CT molecular complexity index is 658. The van der Waals surface area contributed by atoms with Gasteiger partial charge in [-0.2, -0.15) is 0 Å². The van der Waals surface area contributed by atoms with Crippen LogP contribution in [-0.2, 0) is 0 Å². The highest BCUT2D eigenvalue weighted by atomic mass is 28.3. The first kappa shape index (κ1) is 12.9. The van der Waals surface area contributed by atoms with Gasteiger partial charge in [0.2, 0.25) is 0 Å². The van der Waals surface area contributed by atoms with Crippen LogP contribution in [0.4, 0.5) is 0 Å². The van der Waals surface area contributed by atoms with Crippen molar-refractivity contribution in [2.75, 3.05) is 0 Å². The van der Waals surface area contributed by atoms with E-state index in [1.54, 1.807) is 0 Å². The van der Waals surface area contributed by atoms with Crippen LogP contribution in [0.25, 0.3) is 10.7 Å². The lowest BCUT2D eigenvalue weighted by Gasteiger charge is -2.42. The van der Waals surface area contributed by atoms with Crippen LogP contribution in [0.1, 0.15) is 11.1 Å². The lowest BCUT2D eigenvalue weighted by molar-refractivity contribution is 1.50. The Labute approximate surface area is 121 Å². The molecule has 3 heteroatoms. The molecule has 0 atom stereocenters. The molecule has 0 saturated carbocycles. The fraction of sp³-hybridized carbons (Fsp3) is 0.118. The summed E-state index contributed by atoms with van der Waals surface area (Å²) in [6.07, 6.45) is 2.10. The van der Waals surface area contributed by atoms with E-state index in [1.807, 2.05) is 36.4 Å². The SMILES string of the molecule is C[Si]1(C)N=C(c2ccccc2)C=C(c2ccccc2)[N-]1. The average Bonchev–Trinajstić information content (AvgIpc) is 2.47. The van der Waals surface area contributed by atoms with Gasteiger partial charge in [0.25, 0.3) is 0 Å². The Morgan fingerprint density at radius 1 is 0.800 bits per heavy atom. The molecular formula is C17H17N2Si-. The maximum atomic E-state index is 4.87. The van der Waals surface area contributed by atoms with Gasteiger partial charge < -0.3 is 9.64 Å². The fourth-order valence-electron chi connectivity index (χ4n) is 2.32. The zero-order valence-electron chi connectivity index (χ0n) is 11.7. The van der Waals surface area contributed by atoms with Crippen LogP contribution < -0.4 is 0 Å². The molecule has 0 radical (unpaired) electrons.